The van der Waals surface area contributed by atoms with Crippen molar-refractivity contribution in [1.29, 1.82) is 0 Å². The number of benzene rings is 3. The number of nitrogens with zero attached hydrogens (tertiary/aromatic N) is 1. The van der Waals surface area contributed by atoms with Gasteiger partial charge < -0.3 is 24.1 Å². The standard InChI is InChI=1S/C27H23NO7S2/c1-32-20-8-3-4-9-21(20)34-12-13-35-22-11-10-17(14-23(22)33-2)15-24-25(29)28(27(36)37-24)19-7-5-6-18(16-19)26(30)31/h3-11,14-16H,12-13H2,1-2H3,(H,30,31)/b24-15-. The summed E-state index contributed by atoms with van der Waals surface area (Å²) in [5.74, 6) is 0.887. The first-order chi connectivity index (χ1) is 17.9. The molecule has 190 valence electrons. The largest absolute Gasteiger partial charge is 0.493 e. The summed E-state index contributed by atoms with van der Waals surface area (Å²) in [6.07, 6.45) is 1.71. The minimum Gasteiger partial charge on any atom is -0.493 e. The van der Waals surface area contributed by atoms with Gasteiger partial charge in [-0.2, -0.15) is 0 Å². The Bertz CT molecular complexity index is 1370. The first-order valence-corrected chi connectivity index (χ1v) is 12.3. The lowest BCUT2D eigenvalue weighted by molar-refractivity contribution is -0.113. The maximum absolute atomic E-state index is 13.1. The Morgan fingerprint density at radius 2 is 1.59 bits per heavy atom. The SMILES string of the molecule is COc1ccccc1OCCOc1ccc(/C=C2\SC(=S)N(c3cccc(C(=O)O)c3)C2=O)cc1OC. The zero-order valence-electron chi connectivity index (χ0n) is 20.0. The lowest BCUT2D eigenvalue weighted by atomic mass is 10.1. The van der Waals surface area contributed by atoms with Crippen LogP contribution in [0.2, 0.25) is 0 Å². The van der Waals surface area contributed by atoms with E-state index in [1.165, 1.54) is 24.1 Å². The molecule has 0 atom stereocenters. The van der Waals surface area contributed by atoms with Crippen molar-refractivity contribution in [1.82, 2.24) is 0 Å². The van der Waals surface area contributed by atoms with E-state index < -0.39 is 5.97 Å². The molecule has 0 saturated carbocycles. The number of amides is 1. The number of carbonyl (C=O) groups is 2. The Balaban J connectivity index is 1.44. The minimum atomic E-state index is -1.08. The van der Waals surface area contributed by atoms with Gasteiger partial charge >= 0.3 is 5.97 Å². The molecule has 3 aromatic carbocycles. The van der Waals surface area contributed by atoms with Crippen LogP contribution in [0.25, 0.3) is 6.08 Å². The highest BCUT2D eigenvalue weighted by Crippen LogP contribution is 2.37. The summed E-state index contributed by atoms with van der Waals surface area (Å²) in [6, 6.07) is 18.8. The molecule has 3 aromatic rings. The summed E-state index contributed by atoms with van der Waals surface area (Å²) in [7, 11) is 3.12. The number of methoxy groups -OCH3 is 2. The molecule has 1 N–H and O–H groups in total. The predicted octanol–water partition coefficient (Wildman–Crippen LogP) is 5.27. The summed E-state index contributed by atoms with van der Waals surface area (Å²) in [6.45, 7) is 0.582. The molecular weight excluding hydrogens is 514 g/mol. The van der Waals surface area contributed by atoms with Crippen LogP contribution in [0.3, 0.4) is 0 Å². The number of aromatic carboxylic acids is 1. The van der Waals surface area contributed by atoms with Crippen molar-refractivity contribution < 1.29 is 33.6 Å². The number of thiocarbonyl (C=S) groups is 1. The number of carbonyl (C=O) groups excluding carboxylic acids is 1. The van der Waals surface area contributed by atoms with Crippen LogP contribution in [0.1, 0.15) is 15.9 Å². The molecule has 0 radical (unpaired) electrons. The van der Waals surface area contributed by atoms with E-state index in [9.17, 15) is 14.7 Å². The molecule has 8 nitrogen and oxygen atoms in total. The monoisotopic (exact) mass is 537 g/mol. The first kappa shape index (κ1) is 26.1. The molecule has 0 aliphatic carbocycles. The average Bonchev–Trinajstić information content (AvgIpc) is 3.19. The third kappa shape index (κ3) is 6.04. The van der Waals surface area contributed by atoms with Crippen molar-refractivity contribution >= 4 is 51.9 Å². The second-order valence-electron chi connectivity index (χ2n) is 7.63. The van der Waals surface area contributed by atoms with Gasteiger partial charge in [-0.1, -0.05) is 48.2 Å². The van der Waals surface area contributed by atoms with Crippen molar-refractivity contribution in [3.05, 3.63) is 82.8 Å². The Labute approximate surface area is 223 Å². The fourth-order valence-corrected chi connectivity index (χ4v) is 4.85. The Hall–Kier alpha value is -4.02. The highest BCUT2D eigenvalue weighted by molar-refractivity contribution is 8.27. The second-order valence-corrected chi connectivity index (χ2v) is 9.31. The molecule has 1 amide bonds. The normalized spacial score (nSPS) is 14.1. The van der Waals surface area contributed by atoms with E-state index in [2.05, 4.69) is 0 Å². The molecule has 10 heteroatoms. The summed E-state index contributed by atoms with van der Waals surface area (Å²) in [5, 5.41) is 9.26. The Morgan fingerprint density at radius 3 is 2.27 bits per heavy atom. The zero-order chi connectivity index (χ0) is 26.4. The lowest BCUT2D eigenvalue weighted by Gasteiger charge is -2.15. The van der Waals surface area contributed by atoms with Gasteiger partial charge in [-0.3, -0.25) is 9.69 Å². The Kier molecular flexibility index (Phi) is 8.32. The van der Waals surface area contributed by atoms with Crippen LogP contribution in [0.15, 0.2) is 71.6 Å². The fourth-order valence-electron chi connectivity index (χ4n) is 3.55. The van der Waals surface area contributed by atoms with E-state index in [-0.39, 0.29) is 18.1 Å². The fraction of sp³-hybridized carbons (Fsp3) is 0.148. The molecule has 1 aliphatic heterocycles. The first-order valence-electron chi connectivity index (χ1n) is 11.1. The van der Waals surface area contributed by atoms with Gasteiger partial charge in [-0.15, -0.1) is 0 Å². The summed E-state index contributed by atoms with van der Waals surface area (Å²) in [5.41, 5.74) is 1.20. The number of hydrogen-bond acceptors (Lipinski definition) is 8. The van der Waals surface area contributed by atoms with Crippen molar-refractivity contribution in [2.75, 3.05) is 32.3 Å². The number of anilines is 1. The molecule has 0 spiro atoms. The molecule has 0 unspecified atom stereocenters. The quantitative estimate of drug-likeness (QED) is 0.211. The molecule has 1 fully saturated rings. The number of para-hydroxylation sites is 2. The third-order valence-electron chi connectivity index (χ3n) is 5.30. The number of hydrogen-bond donors (Lipinski definition) is 1. The maximum atomic E-state index is 13.1. The van der Waals surface area contributed by atoms with Crippen LogP contribution in [0, 0.1) is 0 Å². The zero-order valence-corrected chi connectivity index (χ0v) is 21.6. The van der Waals surface area contributed by atoms with Crippen LogP contribution in [-0.4, -0.2) is 48.7 Å². The van der Waals surface area contributed by atoms with Crippen LogP contribution < -0.4 is 23.8 Å². The van der Waals surface area contributed by atoms with E-state index in [4.69, 9.17) is 31.2 Å². The van der Waals surface area contributed by atoms with E-state index in [1.54, 1.807) is 43.5 Å². The van der Waals surface area contributed by atoms with E-state index in [0.717, 1.165) is 11.8 Å². The van der Waals surface area contributed by atoms with Gasteiger partial charge in [0, 0.05) is 0 Å². The van der Waals surface area contributed by atoms with Crippen LogP contribution in [0.5, 0.6) is 23.0 Å². The summed E-state index contributed by atoms with van der Waals surface area (Å²) in [4.78, 5) is 26.1. The highest BCUT2D eigenvalue weighted by atomic mass is 32.2. The van der Waals surface area contributed by atoms with Gasteiger partial charge in [-0.05, 0) is 54.1 Å². The predicted molar refractivity (Wildman–Crippen MR) is 146 cm³/mol. The average molecular weight is 538 g/mol. The van der Waals surface area contributed by atoms with Crippen LogP contribution in [0.4, 0.5) is 5.69 Å². The molecule has 37 heavy (non-hydrogen) atoms. The van der Waals surface area contributed by atoms with Gasteiger partial charge in [0.25, 0.3) is 5.91 Å². The molecule has 0 aromatic heterocycles. The summed E-state index contributed by atoms with van der Waals surface area (Å²) < 4.78 is 22.6. The van der Waals surface area contributed by atoms with Crippen molar-refractivity contribution in [3.8, 4) is 23.0 Å². The molecule has 1 heterocycles. The number of rotatable bonds is 10. The topological polar surface area (TPSA) is 94.5 Å². The van der Waals surface area contributed by atoms with Crippen LogP contribution in [-0.2, 0) is 4.79 Å². The van der Waals surface area contributed by atoms with E-state index in [1.807, 2.05) is 24.3 Å². The van der Waals surface area contributed by atoms with E-state index >= 15 is 0 Å². The van der Waals surface area contributed by atoms with Gasteiger partial charge in [0.15, 0.2) is 27.3 Å². The van der Waals surface area contributed by atoms with Crippen LogP contribution >= 0.6 is 24.0 Å². The number of carboxylic acid groups (broad SMARTS) is 1. The minimum absolute atomic E-state index is 0.0733. The second kappa shape index (κ2) is 11.8. The number of carboxylic acids is 1. The van der Waals surface area contributed by atoms with Gasteiger partial charge in [-0.25, -0.2) is 4.79 Å². The van der Waals surface area contributed by atoms with Gasteiger partial charge in [0.1, 0.15) is 13.2 Å². The lowest BCUT2D eigenvalue weighted by Crippen LogP contribution is -2.27. The molecule has 1 aliphatic rings. The number of thioether (sulfide) groups is 1. The van der Waals surface area contributed by atoms with Gasteiger partial charge in [0.05, 0.1) is 30.4 Å². The molecular formula is C27H23NO7S2. The third-order valence-corrected chi connectivity index (χ3v) is 6.60. The smallest absolute Gasteiger partial charge is 0.335 e. The molecule has 4 rings (SSSR count). The van der Waals surface area contributed by atoms with Gasteiger partial charge in [0.2, 0.25) is 0 Å². The maximum Gasteiger partial charge on any atom is 0.335 e. The van der Waals surface area contributed by atoms with Crippen molar-refractivity contribution in [2.45, 2.75) is 0 Å². The number of ether oxygens (including phenoxy) is 4. The summed E-state index contributed by atoms with van der Waals surface area (Å²) >= 11 is 6.54. The van der Waals surface area contributed by atoms with E-state index in [0.29, 0.717) is 50.1 Å². The molecule has 1 saturated heterocycles. The highest BCUT2D eigenvalue weighted by Gasteiger charge is 2.33. The Morgan fingerprint density at radius 1 is 0.919 bits per heavy atom. The molecule has 0 bridgehead atoms. The van der Waals surface area contributed by atoms with Crippen molar-refractivity contribution in [3.63, 3.8) is 0 Å². The van der Waals surface area contributed by atoms with Crippen molar-refractivity contribution in [2.24, 2.45) is 0 Å².